The lowest BCUT2D eigenvalue weighted by atomic mass is 10.0. The van der Waals surface area contributed by atoms with Crippen molar-refractivity contribution in [2.75, 3.05) is 0 Å². The number of nitrogens with zero attached hydrogens (tertiary/aromatic N) is 1. The van der Waals surface area contributed by atoms with Gasteiger partial charge in [-0.2, -0.15) is 0 Å². The van der Waals surface area contributed by atoms with Crippen molar-refractivity contribution in [3.05, 3.63) is 24.0 Å². The average Bonchev–Trinajstić information content (AvgIpc) is 2.45. The first-order valence-electron chi connectivity index (χ1n) is 4.14. The van der Waals surface area contributed by atoms with Crippen LogP contribution in [-0.4, -0.2) is 9.67 Å². The molecule has 0 saturated heterocycles. The van der Waals surface area contributed by atoms with Crippen molar-refractivity contribution in [1.29, 1.82) is 0 Å². The number of fused-ring (bicyclic) bond motifs is 1. The maximum atomic E-state index is 9.55. The van der Waals surface area contributed by atoms with Crippen LogP contribution >= 0.6 is 0 Å². The molecule has 1 aliphatic rings. The first-order valence-corrected chi connectivity index (χ1v) is 4.14. The van der Waals surface area contributed by atoms with E-state index < -0.39 is 0 Å². The minimum atomic E-state index is -0.235. The summed E-state index contributed by atoms with van der Waals surface area (Å²) in [7, 11) is 0. The molecule has 60 valence electrons. The van der Waals surface area contributed by atoms with Crippen LogP contribution in [0.25, 0.3) is 0 Å². The van der Waals surface area contributed by atoms with Crippen LogP contribution in [0.1, 0.15) is 37.6 Å². The van der Waals surface area contributed by atoms with Crippen LogP contribution in [0.3, 0.4) is 0 Å². The van der Waals surface area contributed by atoms with Gasteiger partial charge in [-0.25, -0.2) is 0 Å². The van der Waals surface area contributed by atoms with E-state index in [1.54, 1.807) is 0 Å². The van der Waals surface area contributed by atoms with Crippen molar-refractivity contribution in [3.8, 4) is 0 Å². The largest absolute Gasteiger partial charge is 0.387 e. The lowest BCUT2D eigenvalue weighted by Gasteiger charge is -2.26. The Hall–Kier alpha value is -0.760. The van der Waals surface area contributed by atoms with E-state index in [1.165, 1.54) is 0 Å². The highest BCUT2D eigenvalue weighted by atomic mass is 16.3. The van der Waals surface area contributed by atoms with Gasteiger partial charge in [-0.1, -0.05) is 0 Å². The molecule has 2 rings (SSSR count). The van der Waals surface area contributed by atoms with Crippen molar-refractivity contribution >= 4 is 0 Å². The van der Waals surface area contributed by atoms with E-state index in [4.69, 9.17) is 0 Å². The lowest BCUT2D eigenvalue weighted by Crippen LogP contribution is -2.17. The van der Waals surface area contributed by atoms with E-state index in [1.807, 2.05) is 18.3 Å². The first-order chi connectivity index (χ1) is 5.29. The maximum Gasteiger partial charge on any atom is 0.0940 e. The summed E-state index contributed by atoms with van der Waals surface area (Å²) in [5.74, 6) is 0. The van der Waals surface area contributed by atoms with Crippen LogP contribution in [0.2, 0.25) is 0 Å². The zero-order valence-electron chi connectivity index (χ0n) is 6.70. The van der Waals surface area contributed by atoms with Gasteiger partial charge in [0.25, 0.3) is 0 Å². The molecule has 11 heavy (non-hydrogen) atoms. The smallest absolute Gasteiger partial charge is 0.0940 e. The zero-order chi connectivity index (χ0) is 7.84. The highest BCUT2D eigenvalue weighted by Crippen LogP contribution is 2.31. The normalized spacial score (nSPS) is 30.0. The number of hydrogen-bond donors (Lipinski definition) is 1. The third-order valence-electron chi connectivity index (χ3n) is 2.49. The van der Waals surface area contributed by atoms with E-state index in [0.29, 0.717) is 6.04 Å². The van der Waals surface area contributed by atoms with Gasteiger partial charge < -0.3 is 9.67 Å². The molecule has 1 aromatic rings. The molecule has 1 aliphatic heterocycles. The standard InChI is InChI=1S/C9H13NO/c1-7-4-5-9(11)8-3-2-6-10(7)8/h2-3,6-7,9,11H,4-5H2,1H3. The minimum absolute atomic E-state index is 0.235. The molecule has 1 N–H and O–H groups in total. The molecular weight excluding hydrogens is 138 g/mol. The van der Waals surface area contributed by atoms with Crippen molar-refractivity contribution < 1.29 is 5.11 Å². The fraction of sp³-hybridized carbons (Fsp3) is 0.556. The molecule has 1 aromatic heterocycles. The average molecular weight is 151 g/mol. The molecule has 0 spiro atoms. The summed E-state index contributed by atoms with van der Waals surface area (Å²) in [6, 6.07) is 4.56. The van der Waals surface area contributed by atoms with Crippen LogP contribution in [0.4, 0.5) is 0 Å². The Morgan fingerprint density at radius 3 is 3.09 bits per heavy atom. The van der Waals surface area contributed by atoms with Crippen molar-refractivity contribution in [2.45, 2.75) is 31.9 Å². The molecule has 0 radical (unpaired) electrons. The second-order valence-corrected chi connectivity index (χ2v) is 3.28. The Morgan fingerprint density at radius 2 is 2.36 bits per heavy atom. The van der Waals surface area contributed by atoms with Crippen LogP contribution in [0, 0.1) is 0 Å². The number of hydrogen-bond acceptors (Lipinski definition) is 1. The Labute approximate surface area is 66.5 Å². The molecule has 2 nitrogen and oxygen atoms in total. The van der Waals surface area contributed by atoms with Gasteiger partial charge in [0.1, 0.15) is 0 Å². The molecule has 0 aliphatic carbocycles. The van der Waals surface area contributed by atoms with Gasteiger partial charge in [0.15, 0.2) is 0 Å². The maximum absolute atomic E-state index is 9.55. The fourth-order valence-corrected chi connectivity index (χ4v) is 1.78. The summed E-state index contributed by atoms with van der Waals surface area (Å²) < 4.78 is 2.16. The second kappa shape index (κ2) is 2.38. The molecule has 2 atom stereocenters. The Balaban J connectivity index is 2.43. The molecule has 2 unspecified atom stereocenters. The quantitative estimate of drug-likeness (QED) is 0.601. The molecule has 2 heterocycles. The fourth-order valence-electron chi connectivity index (χ4n) is 1.78. The Kier molecular flexibility index (Phi) is 1.50. The monoisotopic (exact) mass is 151 g/mol. The third kappa shape index (κ3) is 0.979. The van der Waals surface area contributed by atoms with E-state index >= 15 is 0 Å². The minimum Gasteiger partial charge on any atom is -0.387 e. The number of aromatic nitrogens is 1. The molecule has 0 amide bonds. The van der Waals surface area contributed by atoms with Gasteiger partial charge in [0.05, 0.1) is 6.10 Å². The molecular formula is C9H13NO. The van der Waals surface area contributed by atoms with Gasteiger partial charge in [-0.05, 0) is 31.9 Å². The molecule has 0 aromatic carbocycles. The summed E-state index contributed by atoms with van der Waals surface area (Å²) in [6.07, 6.45) is 3.80. The Morgan fingerprint density at radius 1 is 1.55 bits per heavy atom. The van der Waals surface area contributed by atoms with Gasteiger partial charge in [0, 0.05) is 17.9 Å². The summed E-state index contributed by atoms with van der Waals surface area (Å²) in [5, 5.41) is 9.55. The van der Waals surface area contributed by atoms with Crippen molar-refractivity contribution in [1.82, 2.24) is 4.57 Å². The molecule has 0 bridgehead atoms. The zero-order valence-corrected chi connectivity index (χ0v) is 6.70. The summed E-state index contributed by atoms with van der Waals surface area (Å²) in [4.78, 5) is 0. The van der Waals surface area contributed by atoms with Crippen LogP contribution < -0.4 is 0 Å². The predicted molar refractivity (Wildman–Crippen MR) is 43.3 cm³/mol. The first kappa shape index (κ1) is 6.92. The lowest BCUT2D eigenvalue weighted by molar-refractivity contribution is 0.129. The van der Waals surface area contributed by atoms with Crippen molar-refractivity contribution in [3.63, 3.8) is 0 Å². The van der Waals surface area contributed by atoms with Gasteiger partial charge in [0.2, 0.25) is 0 Å². The SMILES string of the molecule is CC1CCC(O)c2cccn21. The summed E-state index contributed by atoms with van der Waals surface area (Å²) in [6.45, 7) is 2.19. The highest BCUT2D eigenvalue weighted by Gasteiger charge is 2.21. The number of aliphatic hydroxyl groups is 1. The Bertz CT molecular complexity index is 229. The second-order valence-electron chi connectivity index (χ2n) is 3.28. The van der Waals surface area contributed by atoms with Crippen LogP contribution in [-0.2, 0) is 0 Å². The topological polar surface area (TPSA) is 25.2 Å². The molecule has 0 saturated carbocycles. The predicted octanol–water partition coefficient (Wildman–Crippen LogP) is 1.88. The van der Waals surface area contributed by atoms with E-state index in [0.717, 1.165) is 18.5 Å². The summed E-state index contributed by atoms with van der Waals surface area (Å²) in [5.41, 5.74) is 1.07. The van der Waals surface area contributed by atoms with Gasteiger partial charge in [-0.15, -0.1) is 0 Å². The van der Waals surface area contributed by atoms with E-state index in [-0.39, 0.29) is 6.10 Å². The van der Waals surface area contributed by atoms with Gasteiger partial charge in [-0.3, -0.25) is 0 Å². The van der Waals surface area contributed by atoms with Crippen LogP contribution in [0.15, 0.2) is 18.3 Å². The number of rotatable bonds is 0. The van der Waals surface area contributed by atoms with Crippen LogP contribution in [0.5, 0.6) is 0 Å². The van der Waals surface area contributed by atoms with Gasteiger partial charge >= 0.3 is 0 Å². The van der Waals surface area contributed by atoms with E-state index in [9.17, 15) is 5.11 Å². The number of aliphatic hydroxyl groups excluding tert-OH is 1. The third-order valence-corrected chi connectivity index (χ3v) is 2.49. The van der Waals surface area contributed by atoms with Crippen molar-refractivity contribution in [2.24, 2.45) is 0 Å². The highest BCUT2D eigenvalue weighted by molar-refractivity contribution is 5.13. The summed E-state index contributed by atoms with van der Waals surface area (Å²) >= 11 is 0. The van der Waals surface area contributed by atoms with E-state index in [2.05, 4.69) is 11.5 Å². The molecule has 2 heteroatoms. The molecule has 0 fully saturated rings.